The third kappa shape index (κ3) is 7.70. The van der Waals surface area contributed by atoms with Gasteiger partial charge in [-0.2, -0.15) is 0 Å². The molecule has 0 radical (unpaired) electrons. The number of carboxylic acids is 1. The normalized spacial score (nSPS) is 12.6. The van der Waals surface area contributed by atoms with Crippen molar-refractivity contribution in [3.63, 3.8) is 0 Å². The van der Waals surface area contributed by atoms with Gasteiger partial charge in [-0.05, 0) is 49.4 Å². The van der Waals surface area contributed by atoms with E-state index in [1.807, 2.05) is 61.5 Å². The van der Waals surface area contributed by atoms with Crippen LogP contribution in [-0.2, 0) is 17.6 Å². The predicted molar refractivity (Wildman–Crippen MR) is 109 cm³/mol. The molecule has 2 atom stereocenters. The number of amides is 2. The number of hydrogen-bond donors (Lipinski definition) is 3. The van der Waals surface area contributed by atoms with E-state index in [0.717, 1.165) is 16.9 Å². The van der Waals surface area contributed by atoms with Crippen molar-refractivity contribution in [2.24, 2.45) is 0 Å². The van der Waals surface area contributed by atoms with Crippen LogP contribution in [0.25, 0.3) is 0 Å². The first-order valence-electron chi connectivity index (χ1n) is 9.42. The Bertz CT molecular complexity index is 764. The smallest absolute Gasteiger partial charge is 0.315 e. The molecule has 6 heteroatoms. The van der Waals surface area contributed by atoms with Gasteiger partial charge in [0, 0.05) is 18.5 Å². The number of carbonyl (C=O) groups excluding carboxylic acids is 1. The summed E-state index contributed by atoms with van der Waals surface area (Å²) in [7, 11) is 1.62. The predicted octanol–water partition coefficient (Wildman–Crippen LogP) is 3.40. The van der Waals surface area contributed by atoms with Crippen LogP contribution in [0.1, 0.15) is 30.9 Å². The molecule has 2 aromatic rings. The van der Waals surface area contributed by atoms with Gasteiger partial charge in [-0.3, -0.25) is 4.79 Å². The van der Waals surface area contributed by atoms with Crippen LogP contribution in [0, 0.1) is 0 Å². The Morgan fingerprint density at radius 2 is 1.71 bits per heavy atom. The van der Waals surface area contributed by atoms with Crippen molar-refractivity contribution < 1.29 is 19.4 Å². The highest BCUT2D eigenvalue weighted by atomic mass is 16.5. The van der Waals surface area contributed by atoms with Crippen LogP contribution in [0.5, 0.6) is 5.75 Å². The van der Waals surface area contributed by atoms with Gasteiger partial charge in [0.25, 0.3) is 0 Å². The van der Waals surface area contributed by atoms with Crippen molar-refractivity contribution >= 4 is 12.0 Å². The zero-order chi connectivity index (χ0) is 20.4. The Labute approximate surface area is 165 Å². The van der Waals surface area contributed by atoms with E-state index in [-0.39, 0.29) is 24.5 Å². The quantitative estimate of drug-likeness (QED) is 0.586. The van der Waals surface area contributed by atoms with Crippen LogP contribution >= 0.6 is 0 Å². The average Bonchev–Trinajstić information content (AvgIpc) is 2.66. The minimum Gasteiger partial charge on any atom is -0.497 e. The summed E-state index contributed by atoms with van der Waals surface area (Å²) in [6.45, 7) is 1.93. The summed E-state index contributed by atoms with van der Waals surface area (Å²) in [6.07, 6.45) is 1.65. The number of urea groups is 1. The minimum atomic E-state index is -0.869. The highest BCUT2D eigenvalue weighted by Gasteiger charge is 2.16. The molecule has 150 valence electrons. The lowest BCUT2D eigenvalue weighted by atomic mass is 10.0. The zero-order valence-corrected chi connectivity index (χ0v) is 16.4. The molecule has 0 aliphatic rings. The summed E-state index contributed by atoms with van der Waals surface area (Å²) in [4.78, 5) is 23.4. The molecule has 0 saturated heterocycles. The number of carboxylic acid groups (broad SMARTS) is 1. The molecule has 0 fully saturated rings. The molecule has 3 N–H and O–H groups in total. The lowest BCUT2D eigenvalue weighted by Gasteiger charge is -2.21. The fourth-order valence-corrected chi connectivity index (χ4v) is 3.08. The first kappa shape index (κ1) is 21.3. The van der Waals surface area contributed by atoms with Crippen LogP contribution in [-0.4, -0.2) is 36.3 Å². The molecule has 0 aliphatic carbocycles. The van der Waals surface area contributed by atoms with Crippen LogP contribution in [0.3, 0.4) is 0 Å². The lowest BCUT2D eigenvalue weighted by molar-refractivity contribution is -0.137. The fraction of sp³-hybridized carbons (Fsp3) is 0.364. The molecule has 0 saturated carbocycles. The second-order valence-corrected chi connectivity index (χ2v) is 6.89. The molecule has 0 bridgehead atoms. The number of aliphatic carboxylic acids is 1. The van der Waals surface area contributed by atoms with Crippen molar-refractivity contribution in [3.05, 3.63) is 65.7 Å². The number of benzene rings is 2. The zero-order valence-electron chi connectivity index (χ0n) is 16.4. The van der Waals surface area contributed by atoms with Crippen molar-refractivity contribution in [1.29, 1.82) is 0 Å². The molecule has 0 aromatic heterocycles. The summed E-state index contributed by atoms with van der Waals surface area (Å²) in [5, 5.41) is 14.8. The maximum atomic E-state index is 12.4. The molecule has 28 heavy (non-hydrogen) atoms. The largest absolute Gasteiger partial charge is 0.497 e. The second kappa shape index (κ2) is 11.0. The van der Waals surface area contributed by atoms with Gasteiger partial charge < -0.3 is 20.5 Å². The highest BCUT2D eigenvalue weighted by Crippen LogP contribution is 2.14. The maximum absolute atomic E-state index is 12.4. The van der Waals surface area contributed by atoms with E-state index >= 15 is 0 Å². The van der Waals surface area contributed by atoms with Gasteiger partial charge in [0.1, 0.15) is 5.75 Å². The molecule has 2 aromatic carbocycles. The standard InChI is InChI=1S/C22H28N2O4/c1-16(13-18-9-6-10-20(15-18)28-2)23-22(27)24-19(11-12-21(25)26)14-17-7-4-3-5-8-17/h3-10,15-16,19H,11-14H2,1-2H3,(H,25,26)(H2,23,24,27). The summed E-state index contributed by atoms with van der Waals surface area (Å²) in [6, 6.07) is 16.8. The fourth-order valence-electron chi connectivity index (χ4n) is 3.08. The number of nitrogens with one attached hydrogen (secondary N) is 2. The van der Waals surface area contributed by atoms with Gasteiger partial charge in [0.15, 0.2) is 0 Å². The molecule has 2 amide bonds. The average molecular weight is 384 g/mol. The van der Waals surface area contributed by atoms with Crippen LogP contribution in [0.15, 0.2) is 54.6 Å². The van der Waals surface area contributed by atoms with E-state index < -0.39 is 5.97 Å². The number of carbonyl (C=O) groups is 2. The van der Waals surface area contributed by atoms with Crippen molar-refractivity contribution in [1.82, 2.24) is 10.6 Å². The maximum Gasteiger partial charge on any atom is 0.315 e. The molecule has 6 nitrogen and oxygen atoms in total. The van der Waals surface area contributed by atoms with Crippen molar-refractivity contribution in [2.75, 3.05) is 7.11 Å². The SMILES string of the molecule is COc1cccc(CC(C)NC(=O)NC(CCC(=O)O)Cc2ccccc2)c1. The number of ether oxygens (including phenoxy) is 1. The van der Waals surface area contributed by atoms with E-state index in [9.17, 15) is 9.59 Å². The van der Waals surface area contributed by atoms with Crippen molar-refractivity contribution in [2.45, 2.75) is 44.7 Å². The third-order valence-corrected chi connectivity index (χ3v) is 4.42. The number of hydrogen-bond acceptors (Lipinski definition) is 3. The summed E-state index contributed by atoms with van der Waals surface area (Å²) < 4.78 is 5.23. The molecule has 2 unspecified atom stereocenters. The molecular weight excluding hydrogens is 356 g/mol. The first-order valence-corrected chi connectivity index (χ1v) is 9.42. The Hall–Kier alpha value is -3.02. The van der Waals surface area contributed by atoms with Crippen LogP contribution in [0.2, 0.25) is 0 Å². The Morgan fingerprint density at radius 1 is 1.00 bits per heavy atom. The summed E-state index contributed by atoms with van der Waals surface area (Å²) in [5.74, 6) is -0.0857. The van der Waals surface area contributed by atoms with Gasteiger partial charge in [0.2, 0.25) is 0 Å². The molecular formula is C22H28N2O4. The molecule has 0 spiro atoms. The number of methoxy groups -OCH3 is 1. The van der Waals surface area contributed by atoms with E-state index in [2.05, 4.69) is 10.6 Å². The van der Waals surface area contributed by atoms with Gasteiger partial charge in [0.05, 0.1) is 7.11 Å². The van der Waals surface area contributed by atoms with Crippen LogP contribution < -0.4 is 15.4 Å². The summed E-state index contributed by atoms with van der Waals surface area (Å²) in [5.41, 5.74) is 2.13. The second-order valence-electron chi connectivity index (χ2n) is 6.89. The Kier molecular flexibility index (Phi) is 8.34. The molecule has 2 rings (SSSR count). The highest BCUT2D eigenvalue weighted by molar-refractivity contribution is 5.74. The van der Waals surface area contributed by atoms with Crippen molar-refractivity contribution in [3.8, 4) is 5.75 Å². The Balaban J connectivity index is 1.90. The third-order valence-electron chi connectivity index (χ3n) is 4.42. The summed E-state index contributed by atoms with van der Waals surface area (Å²) >= 11 is 0. The van der Waals surface area contributed by atoms with Crippen LogP contribution in [0.4, 0.5) is 4.79 Å². The Morgan fingerprint density at radius 3 is 2.39 bits per heavy atom. The van der Waals surface area contributed by atoms with E-state index in [1.165, 1.54) is 0 Å². The van der Waals surface area contributed by atoms with E-state index in [1.54, 1.807) is 7.11 Å². The van der Waals surface area contributed by atoms with Gasteiger partial charge in [-0.1, -0.05) is 42.5 Å². The van der Waals surface area contributed by atoms with Gasteiger partial charge in [-0.25, -0.2) is 4.79 Å². The molecule has 0 heterocycles. The monoisotopic (exact) mass is 384 g/mol. The van der Waals surface area contributed by atoms with E-state index in [0.29, 0.717) is 19.3 Å². The van der Waals surface area contributed by atoms with Gasteiger partial charge >= 0.3 is 12.0 Å². The number of rotatable bonds is 10. The van der Waals surface area contributed by atoms with Gasteiger partial charge in [-0.15, -0.1) is 0 Å². The topological polar surface area (TPSA) is 87.7 Å². The minimum absolute atomic E-state index is 0.0111. The lowest BCUT2D eigenvalue weighted by Crippen LogP contribution is -2.46. The molecule has 0 aliphatic heterocycles. The van der Waals surface area contributed by atoms with E-state index in [4.69, 9.17) is 9.84 Å². The first-order chi connectivity index (χ1) is 13.5.